The third-order valence-electron chi connectivity index (χ3n) is 2.25. The molecule has 0 atom stereocenters. The fourth-order valence-corrected chi connectivity index (χ4v) is 2.17. The summed E-state index contributed by atoms with van der Waals surface area (Å²) in [6.07, 6.45) is 0. The summed E-state index contributed by atoms with van der Waals surface area (Å²) in [5, 5.41) is 15.5. The Kier molecular flexibility index (Phi) is 4.26. The Morgan fingerprint density at radius 3 is 3.05 bits per heavy atom. The van der Waals surface area contributed by atoms with Gasteiger partial charge in [-0.1, -0.05) is 6.07 Å². The van der Waals surface area contributed by atoms with Crippen LogP contribution in [0.25, 0.3) is 0 Å². The molecule has 0 radical (unpaired) electrons. The Morgan fingerprint density at radius 1 is 1.55 bits per heavy atom. The van der Waals surface area contributed by atoms with Crippen molar-refractivity contribution in [2.45, 2.75) is 13.5 Å². The molecule has 0 saturated heterocycles. The van der Waals surface area contributed by atoms with Gasteiger partial charge in [0.05, 0.1) is 16.7 Å². The second kappa shape index (κ2) is 6.11. The minimum Gasteiger partial charge on any atom is -0.487 e. The van der Waals surface area contributed by atoms with Crippen molar-refractivity contribution in [2.24, 2.45) is 0 Å². The number of nitro benzene ring substituents is 1. The second-order valence-corrected chi connectivity index (χ2v) is 4.73. The lowest BCUT2D eigenvalue weighted by molar-refractivity contribution is -0.384. The summed E-state index contributed by atoms with van der Waals surface area (Å²) in [6, 6.07) is 5.93. The van der Waals surface area contributed by atoms with Crippen LogP contribution in [0.4, 0.5) is 10.8 Å². The molecular weight excluding hydrogens is 282 g/mol. The normalized spacial score (nSPS) is 10.1. The van der Waals surface area contributed by atoms with Gasteiger partial charge in [-0.05, 0) is 6.07 Å². The molecule has 1 N–H and O–H groups in total. The standard InChI is InChI=1S/C12H11N3O4S/c1-8(16)13-12-14-9(7-20-12)6-19-11-4-2-3-10(5-11)15(17)18/h2-5,7H,6H2,1H3,(H,13,14,16). The zero-order valence-electron chi connectivity index (χ0n) is 10.5. The van der Waals surface area contributed by atoms with E-state index in [2.05, 4.69) is 10.3 Å². The number of hydrogen-bond donors (Lipinski definition) is 1. The summed E-state index contributed by atoms with van der Waals surface area (Å²) in [5.74, 6) is 0.207. The first-order chi connectivity index (χ1) is 9.54. The number of ether oxygens (including phenoxy) is 1. The van der Waals surface area contributed by atoms with E-state index in [9.17, 15) is 14.9 Å². The average Bonchev–Trinajstić information content (AvgIpc) is 2.83. The Bertz CT molecular complexity index is 641. The molecule has 1 aromatic heterocycles. The minimum atomic E-state index is -0.482. The number of amides is 1. The highest BCUT2D eigenvalue weighted by atomic mass is 32.1. The van der Waals surface area contributed by atoms with Crippen LogP contribution in [0, 0.1) is 10.1 Å². The first-order valence-electron chi connectivity index (χ1n) is 5.64. The number of anilines is 1. The van der Waals surface area contributed by atoms with Crippen LogP contribution in [0.15, 0.2) is 29.6 Å². The molecule has 0 fully saturated rings. The molecule has 2 rings (SSSR count). The van der Waals surface area contributed by atoms with Crippen LogP contribution in [0.3, 0.4) is 0 Å². The highest BCUT2D eigenvalue weighted by Gasteiger charge is 2.08. The monoisotopic (exact) mass is 293 g/mol. The van der Waals surface area contributed by atoms with Crippen LogP contribution in [0.1, 0.15) is 12.6 Å². The van der Waals surface area contributed by atoms with Crippen LogP contribution in [-0.4, -0.2) is 15.8 Å². The molecule has 0 unspecified atom stereocenters. The van der Waals surface area contributed by atoms with E-state index in [0.29, 0.717) is 16.6 Å². The maximum Gasteiger partial charge on any atom is 0.273 e. The van der Waals surface area contributed by atoms with Gasteiger partial charge in [-0.15, -0.1) is 11.3 Å². The quantitative estimate of drug-likeness (QED) is 0.675. The van der Waals surface area contributed by atoms with E-state index >= 15 is 0 Å². The summed E-state index contributed by atoms with van der Waals surface area (Å²) in [5.41, 5.74) is 0.616. The number of nitrogens with zero attached hydrogens (tertiary/aromatic N) is 2. The predicted octanol–water partition coefficient (Wildman–Crippen LogP) is 2.59. The molecule has 7 nitrogen and oxygen atoms in total. The Hall–Kier alpha value is -2.48. The van der Waals surface area contributed by atoms with Gasteiger partial charge < -0.3 is 10.1 Å². The van der Waals surface area contributed by atoms with E-state index < -0.39 is 4.92 Å². The number of carbonyl (C=O) groups excluding carboxylic acids is 1. The molecule has 1 amide bonds. The summed E-state index contributed by atoms with van der Waals surface area (Å²) in [4.78, 5) is 25.2. The summed E-state index contributed by atoms with van der Waals surface area (Å²) in [7, 11) is 0. The number of non-ortho nitro benzene ring substituents is 1. The number of nitro groups is 1. The van der Waals surface area contributed by atoms with Gasteiger partial charge in [0, 0.05) is 18.4 Å². The number of rotatable bonds is 5. The third-order valence-corrected chi connectivity index (χ3v) is 3.06. The van der Waals surface area contributed by atoms with Gasteiger partial charge in [0.15, 0.2) is 5.13 Å². The third kappa shape index (κ3) is 3.75. The number of aromatic nitrogens is 1. The van der Waals surface area contributed by atoms with Crippen LogP contribution < -0.4 is 10.1 Å². The SMILES string of the molecule is CC(=O)Nc1nc(COc2cccc([N+](=O)[O-])c2)cs1. The van der Waals surface area contributed by atoms with Crippen molar-refractivity contribution in [3.05, 3.63) is 45.5 Å². The molecule has 0 aliphatic heterocycles. The van der Waals surface area contributed by atoms with E-state index in [1.165, 1.54) is 30.4 Å². The number of hydrogen-bond acceptors (Lipinski definition) is 6. The first-order valence-corrected chi connectivity index (χ1v) is 6.52. The van der Waals surface area contributed by atoms with E-state index in [4.69, 9.17) is 4.74 Å². The smallest absolute Gasteiger partial charge is 0.273 e. The van der Waals surface area contributed by atoms with Gasteiger partial charge in [0.2, 0.25) is 5.91 Å². The molecule has 0 aliphatic carbocycles. The molecule has 1 aromatic carbocycles. The van der Waals surface area contributed by atoms with Crippen molar-refractivity contribution in [1.82, 2.24) is 4.98 Å². The van der Waals surface area contributed by atoms with Crippen molar-refractivity contribution < 1.29 is 14.5 Å². The van der Waals surface area contributed by atoms with E-state index in [-0.39, 0.29) is 18.2 Å². The Morgan fingerprint density at radius 2 is 2.35 bits per heavy atom. The number of benzene rings is 1. The number of nitrogens with one attached hydrogen (secondary N) is 1. The molecule has 104 valence electrons. The van der Waals surface area contributed by atoms with Crippen molar-refractivity contribution in [2.75, 3.05) is 5.32 Å². The lowest BCUT2D eigenvalue weighted by atomic mass is 10.3. The largest absolute Gasteiger partial charge is 0.487 e. The highest BCUT2D eigenvalue weighted by molar-refractivity contribution is 7.13. The van der Waals surface area contributed by atoms with Crippen molar-refractivity contribution in [3.8, 4) is 5.75 Å². The summed E-state index contributed by atoms with van der Waals surface area (Å²) < 4.78 is 5.43. The van der Waals surface area contributed by atoms with Crippen molar-refractivity contribution in [1.29, 1.82) is 0 Å². The molecule has 0 spiro atoms. The fourth-order valence-electron chi connectivity index (χ4n) is 1.43. The molecule has 8 heteroatoms. The second-order valence-electron chi connectivity index (χ2n) is 3.87. The Balaban J connectivity index is 1.98. The maximum atomic E-state index is 10.9. The molecule has 0 saturated carbocycles. The molecule has 0 bridgehead atoms. The zero-order valence-corrected chi connectivity index (χ0v) is 11.3. The summed E-state index contributed by atoms with van der Waals surface area (Å²) in [6.45, 7) is 1.58. The van der Waals surface area contributed by atoms with Gasteiger partial charge >= 0.3 is 0 Å². The lowest BCUT2D eigenvalue weighted by Crippen LogP contribution is -2.05. The van der Waals surface area contributed by atoms with Crippen LogP contribution in [-0.2, 0) is 11.4 Å². The molecule has 1 heterocycles. The average molecular weight is 293 g/mol. The predicted molar refractivity (Wildman–Crippen MR) is 73.8 cm³/mol. The molecular formula is C12H11N3O4S. The minimum absolute atomic E-state index is 0.0280. The van der Waals surface area contributed by atoms with Crippen LogP contribution >= 0.6 is 11.3 Å². The lowest BCUT2D eigenvalue weighted by Gasteiger charge is -2.03. The van der Waals surface area contributed by atoms with E-state index in [0.717, 1.165) is 0 Å². The molecule has 20 heavy (non-hydrogen) atoms. The maximum absolute atomic E-state index is 10.9. The number of thiazole rings is 1. The Labute approximate surface area is 118 Å². The van der Waals surface area contributed by atoms with E-state index in [1.54, 1.807) is 17.5 Å². The van der Waals surface area contributed by atoms with Gasteiger partial charge in [-0.3, -0.25) is 14.9 Å². The first kappa shape index (κ1) is 13.9. The topological polar surface area (TPSA) is 94.4 Å². The molecule has 2 aromatic rings. The van der Waals surface area contributed by atoms with Crippen molar-refractivity contribution in [3.63, 3.8) is 0 Å². The van der Waals surface area contributed by atoms with Gasteiger partial charge in [0.1, 0.15) is 12.4 Å². The molecule has 0 aliphatic rings. The highest BCUT2D eigenvalue weighted by Crippen LogP contribution is 2.21. The van der Waals surface area contributed by atoms with Crippen molar-refractivity contribution >= 4 is 28.1 Å². The van der Waals surface area contributed by atoms with Crippen LogP contribution in [0.5, 0.6) is 5.75 Å². The fraction of sp³-hybridized carbons (Fsp3) is 0.167. The van der Waals surface area contributed by atoms with Gasteiger partial charge in [-0.2, -0.15) is 0 Å². The zero-order chi connectivity index (χ0) is 14.5. The summed E-state index contributed by atoms with van der Waals surface area (Å²) >= 11 is 1.29. The number of carbonyl (C=O) groups is 1. The van der Waals surface area contributed by atoms with Gasteiger partial charge in [-0.25, -0.2) is 4.98 Å². The van der Waals surface area contributed by atoms with E-state index in [1.807, 2.05) is 0 Å². The van der Waals surface area contributed by atoms with Crippen LogP contribution in [0.2, 0.25) is 0 Å². The van der Waals surface area contributed by atoms with Gasteiger partial charge in [0.25, 0.3) is 5.69 Å².